The van der Waals surface area contributed by atoms with E-state index in [0.29, 0.717) is 17.0 Å². The number of aromatic nitrogens is 5. The third-order valence-electron chi connectivity index (χ3n) is 4.59. The number of anilines is 1. The summed E-state index contributed by atoms with van der Waals surface area (Å²) in [5, 5.41) is 4.56. The summed E-state index contributed by atoms with van der Waals surface area (Å²) in [4.78, 5) is 25.4. The molecule has 3 aromatic heterocycles. The second-order valence-corrected chi connectivity index (χ2v) is 7.18. The number of ether oxygens (including phenoxy) is 1. The molecule has 0 saturated heterocycles. The maximum atomic E-state index is 12.3. The van der Waals surface area contributed by atoms with Crippen LogP contribution in [0.1, 0.15) is 25.6 Å². The van der Waals surface area contributed by atoms with Crippen LogP contribution in [0.25, 0.3) is 22.5 Å². The fourth-order valence-electron chi connectivity index (χ4n) is 3.15. The Hall–Kier alpha value is -4.07. The molecule has 0 saturated carbocycles. The molecule has 0 fully saturated rings. The number of nitrogens with zero attached hydrogens (tertiary/aromatic N) is 5. The van der Waals surface area contributed by atoms with Crippen LogP contribution in [0.15, 0.2) is 71.7 Å². The van der Waals surface area contributed by atoms with Gasteiger partial charge < -0.3 is 10.5 Å². The van der Waals surface area contributed by atoms with Crippen LogP contribution in [0.4, 0.5) is 5.95 Å². The molecule has 8 nitrogen and oxygen atoms in total. The standard InChI is InChI=1S/C23H22N6O2/c1-15(2)29-19(30)12-11-18(28-29)20-21(16-8-4-3-5-9-16)26-23(24)27-22(20)31-14-17-10-6-7-13-25-17/h3-13,15H,14H2,1-2H3,(H2,24,26,27). The summed E-state index contributed by atoms with van der Waals surface area (Å²) in [5.74, 6) is 0.356. The Labute approximate surface area is 179 Å². The third-order valence-corrected chi connectivity index (χ3v) is 4.59. The summed E-state index contributed by atoms with van der Waals surface area (Å²) >= 11 is 0. The number of benzene rings is 1. The molecule has 0 radical (unpaired) electrons. The average Bonchev–Trinajstić information content (AvgIpc) is 2.79. The van der Waals surface area contributed by atoms with E-state index in [-0.39, 0.29) is 30.0 Å². The maximum Gasteiger partial charge on any atom is 0.267 e. The van der Waals surface area contributed by atoms with Gasteiger partial charge in [-0.05, 0) is 32.0 Å². The molecule has 1 aromatic carbocycles. The SMILES string of the molecule is CC(C)n1nc(-c2c(OCc3ccccn3)nc(N)nc2-c2ccccc2)ccc1=O. The summed E-state index contributed by atoms with van der Waals surface area (Å²) in [6, 6.07) is 18.2. The van der Waals surface area contributed by atoms with Gasteiger partial charge in [0.15, 0.2) is 0 Å². The zero-order chi connectivity index (χ0) is 21.8. The highest BCUT2D eigenvalue weighted by atomic mass is 16.5. The zero-order valence-electron chi connectivity index (χ0n) is 17.3. The topological polar surface area (TPSA) is 109 Å². The molecule has 0 spiro atoms. The number of nitrogen functional groups attached to an aromatic ring is 1. The molecule has 156 valence electrons. The first-order chi connectivity index (χ1) is 15.0. The van der Waals surface area contributed by atoms with Crippen LogP contribution in [0.5, 0.6) is 5.88 Å². The minimum atomic E-state index is -0.188. The highest BCUT2D eigenvalue weighted by Crippen LogP contribution is 2.36. The molecule has 0 amide bonds. The van der Waals surface area contributed by atoms with Crippen LogP contribution in [0.2, 0.25) is 0 Å². The fraction of sp³-hybridized carbons (Fsp3) is 0.174. The Bertz CT molecular complexity index is 1240. The van der Waals surface area contributed by atoms with Gasteiger partial charge in [-0.15, -0.1) is 0 Å². The van der Waals surface area contributed by atoms with Gasteiger partial charge in [0.05, 0.1) is 28.7 Å². The molecule has 4 aromatic rings. The maximum absolute atomic E-state index is 12.3. The van der Waals surface area contributed by atoms with E-state index in [2.05, 4.69) is 20.1 Å². The summed E-state index contributed by atoms with van der Waals surface area (Å²) < 4.78 is 7.45. The van der Waals surface area contributed by atoms with E-state index in [0.717, 1.165) is 11.3 Å². The van der Waals surface area contributed by atoms with Crippen LogP contribution in [-0.2, 0) is 6.61 Å². The number of hydrogen-bond donors (Lipinski definition) is 1. The number of pyridine rings is 1. The molecule has 3 heterocycles. The summed E-state index contributed by atoms with van der Waals surface area (Å²) in [7, 11) is 0. The Kier molecular flexibility index (Phi) is 5.70. The number of rotatable bonds is 6. The Morgan fingerprint density at radius 1 is 1.00 bits per heavy atom. The van der Waals surface area contributed by atoms with Crippen LogP contribution >= 0.6 is 0 Å². The minimum Gasteiger partial charge on any atom is -0.471 e. The Morgan fingerprint density at radius 2 is 1.77 bits per heavy atom. The largest absolute Gasteiger partial charge is 0.471 e. The van der Waals surface area contributed by atoms with Gasteiger partial charge in [-0.25, -0.2) is 9.67 Å². The molecule has 0 aliphatic carbocycles. The van der Waals surface area contributed by atoms with E-state index in [1.165, 1.54) is 10.7 Å². The van der Waals surface area contributed by atoms with E-state index in [1.54, 1.807) is 12.3 Å². The lowest BCUT2D eigenvalue weighted by Crippen LogP contribution is -2.24. The van der Waals surface area contributed by atoms with Gasteiger partial charge in [0.2, 0.25) is 11.8 Å². The number of hydrogen-bond acceptors (Lipinski definition) is 7. The summed E-state index contributed by atoms with van der Waals surface area (Å²) in [6.07, 6.45) is 1.70. The van der Waals surface area contributed by atoms with Crippen LogP contribution in [-0.4, -0.2) is 24.7 Å². The van der Waals surface area contributed by atoms with Gasteiger partial charge in [-0.2, -0.15) is 10.1 Å². The smallest absolute Gasteiger partial charge is 0.267 e. The lowest BCUT2D eigenvalue weighted by molar-refractivity contribution is 0.290. The molecule has 8 heteroatoms. The molecule has 2 N–H and O–H groups in total. The molecule has 0 unspecified atom stereocenters. The Balaban J connectivity index is 1.89. The predicted molar refractivity (Wildman–Crippen MR) is 118 cm³/mol. The van der Waals surface area contributed by atoms with Crippen molar-refractivity contribution < 1.29 is 4.74 Å². The molecule has 0 aliphatic rings. The number of nitrogens with two attached hydrogens (primary N) is 1. The average molecular weight is 414 g/mol. The monoisotopic (exact) mass is 414 g/mol. The van der Waals surface area contributed by atoms with Gasteiger partial charge in [0.1, 0.15) is 6.61 Å². The molecular weight excluding hydrogens is 392 g/mol. The molecular formula is C23H22N6O2. The van der Waals surface area contributed by atoms with Gasteiger partial charge in [-0.3, -0.25) is 9.78 Å². The van der Waals surface area contributed by atoms with E-state index in [9.17, 15) is 4.79 Å². The first-order valence-electron chi connectivity index (χ1n) is 9.89. The molecule has 0 aliphatic heterocycles. The Morgan fingerprint density at radius 3 is 2.48 bits per heavy atom. The van der Waals surface area contributed by atoms with E-state index in [4.69, 9.17) is 10.5 Å². The van der Waals surface area contributed by atoms with Gasteiger partial charge in [-0.1, -0.05) is 36.4 Å². The fourth-order valence-corrected chi connectivity index (χ4v) is 3.15. The summed E-state index contributed by atoms with van der Waals surface area (Å²) in [5.41, 5.74) is 9.06. The van der Waals surface area contributed by atoms with Crippen molar-refractivity contribution in [3.63, 3.8) is 0 Å². The second-order valence-electron chi connectivity index (χ2n) is 7.18. The molecule has 0 bridgehead atoms. The highest BCUT2D eigenvalue weighted by molar-refractivity contribution is 5.83. The van der Waals surface area contributed by atoms with E-state index >= 15 is 0 Å². The molecule has 31 heavy (non-hydrogen) atoms. The van der Waals surface area contributed by atoms with Crippen molar-refractivity contribution in [3.05, 3.63) is 82.9 Å². The first-order valence-corrected chi connectivity index (χ1v) is 9.89. The van der Waals surface area contributed by atoms with Crippen molar-refractivity contribution in [2.75, 3.05) is 5.73 Å². The van der Waals surface area contributed by atoms with Gasteiger partial charge in [0.25, 0.3) is 5.56 Å². The van der Waals surface area contributed by atoms with Crippen molar-refractivity contribution in [3.8, 4) is 28.4 Å². The molecule has 4 rings (SSSR count). The predicted octanol–water partition coefficient (Wildman–Crippen LogP) is 3.50. The van der Waals surface area contributed by atoms with Crippen molar-refractivity contribution >= 4 is 5.95 Å². The lowest BCUT2D eigenvalue weighted by Gasteiger charge is -2.16. The first kappa shape index (κ1) is 20.2. The minimum absolute atomic E-state index is 0.0794. The third kappa shape index (κ3) is 4.42. The van der Waals surface area contributed by atoms with Crippen molar-refractivity contribution in [1.29, 1.82) is 0 Å². The van der Waals surface area contributed by atoms with Crippen molar-refractivity contribution in [2.45, 2.75) is 26.5 Å². The normalized spacial score (nSPS) is 10.9. The second kappa shape index (κ2) is 8.74. The van der Waals surface area contributed by atoms with Crippen LogP contribution in [0.3, 0.4) is 0 Å². The van der Waals surface area contributed by atoms with Crippen molar-refractivity contribution in [1.82, 2.24) is 24.7 Å². The van der Waals surface area contributed by atoms with E-state index in [1.807, 2.05) is 62.4 Å². The zero-order valence-corrected chi connectivity index (χ0v) is 17.3. The highest BCUT2D eigenvalue weighted by Gasteiger charge is 2.21. The van der Waals surface area contributed by atoms with Crippen LogP contribution < -0.4 is 16.0 Å². The quantitative estimate of drug-likeness (QED) is 0.514. The molecule has 0 atom stereocenters. The van der Waals surface area contributed by atoms with E-state index < -0.39 is 0 Å². The van der Waals surface area contributed by atoms with Crippen molar-refractivity contribution in [2.24, 2.45) is 0 Å². The van der Waals surface area contributed by atoms with Crippen LogP contribution in [0, 0.1) is 0 Å². The van der Waals surface area contributed by atoms with Gasteiger partial charge in [0, 0.05) is 17.8 Å². The lowest BCUT2D eigenvalue weighted by atomic mass is 10.0. The van der Waals surface area contributed by atoms with Gasteiger partial charge >= 0.3 is 0 Å². The summed E-state index contributed by atoms with van der Waals surface area (Å²) in [6.45, 7) is 3.99.